The topological polar surface area (TPSA) is 84.7 Å². The minimum atomic E-state index is -0.282. The van der Waals surface area contributed by atoms with Crippen LogP contribution in [0.1, 0.15) is 23.2 Å². The highest BCUT2D eigenvalue weighted by molar-refractivity contribution is 5.92. The van der Waals surface area contributed by atoms with E-state index >= 15 is 0 Å². The van der Waals surface area contributed by atoms with E-state index in [1.54, 1.807) is 13.2 Å². The maximum atomic E-state index is 11.8. The largest absolute Gasteiger partial charge is 0.349 e. The number of nitrogens with zero attached hydrogens (tertiary/aromatic N) is 3. The first-order chi connectivity index (χ1) is 9.11. The van der Waals surface area contributed by atoms with Crippen molar-refractivity contribution in [3.05, 3.63) is 40.3 Å². The number of hydrogen-bond donors (Lipinski definition) is 2. The summed E-state index contributed by atoms with van der Waals surface area (Å²) in [6, 6.07) is 1.28. The lowest BCUT2D eigenvalue weighted by molar-refractivity contribution is 0.0946. The molecule has 0 aromatic carbocycles. The van der Waals surface area contributed by atoms with Gasteiger partial charge in [-0.2, -0.15) is 0 Å². The van der Waals surface area contributed by atoms with Crippen LogP contribution >= 0.6 is 0 Å². The van der Waals surface area contributed by atoms with Crippen LogP contribution in [0.5, 0.6) is 0 Å². The van der Waals surface area contributed by atoms with Crippen molar-refractivity contribution in [3.63, 3.8) is 0 Å². The van der Waals surface area contributed by atoms with Gasteiger partial charge in [-0.05, 0) is 0 Å². The summed E-state index contributed by atoms with van der Waals surface area (Å²) in [5.74, 6) is 0.707. The molecule has 0 bridgehead atoms. The van der Waals surface area contributed by atoms with Gasteiger partial charge in [0.15, 0.2) is 0 Å². The predicted octanol–water partition coefficient (Wildman–Crippen LogP) is -0.0977. The van der Waals surface area contributed by atoms with Crippen molar-refractivity contribution in [2.75, 3.05) is 6.54 Å². The molecular weight excluding hydrogens is 246 g/mol. The molecule has 0 fully saturated rings. The predicted molar refractivity (Wildman–Crippen MR) is 70.0 cm³/mol. The maximum Gasteiger partial charge on any atom is 0.269 e. The molecule has 0 spiro atoms. The van der Waals surface area contributed by atoms with E-state index in [0.29, 0.717) is 13.1 Å². The van der Waals surface area contributed by atoms with Crippen molar-refractivity contribution in [1.82, 2.24) is 24.6 Å². The van der Waals surface area contributed by atoms with Crippen LogP contribution in [0, 0.1) is 0 Å². The van der Waals surface area contributed by atoms with Crippen molar-refractivity contribution in [2.24, 2.45) is 7.05 Å². The fourth-order valence-corrected chi connectivity index (χ4v) is 1.85. The van der Waals surface area contributed by atoms with Crippen LogP contribution in [0.15, 0.2) is 23.3 Å². The summed E-state index contributed by atoms with van der Waals surface area (Å²) >= 11 is 0. The van der Waals surface area contributed by atoms with E-state index in [4.69, 9.17) is 0 Å². The number of rotatable bonds is 5. The lowest BCUT2D eigenvalue weighted by Gasteiger charge is -2.07. The summed E-state index contributed by atoms with van der Waals surface area (Å²) in [5.41, 5.74) is 0.0434. The molecular formula is C12H17N5O2. The van der Waals surface area contributed by atoms with Gasteiger partial charge >= 0.3 is 0 Å². The van der Waals surface area contributed by atoms with E-state index in [1.165, 1.54) is 10.7 Å². The number of aryl methyl sites for hydroxylation is 2. The van der Waals surface area contributed by atoms with E-state index in [2.05, 4.69) is 15.4 Å². The van der Waals surface area contributed by atoms with Crippen molar-refractivity contribution in [3.8, 4) is 0 Å². The average Bonchev–Trinajstić information content (AvgIpc) is 2.97. The van der Waals surface area contributed by atoms with Crippen LogP contribution in [0.4, 0.5) is 0 Å². The van der Waals surface area contributed by atoms with Gasteiger partial charge in [0.1, 0.15) is 11.5 Å². The molecule has 0 aliphatic rings. The second-order valence-electron chi connectivity index (χ2n) is 4.21. The highest BCUT2D eigenvalue weighted by Gasteiger charge is 2.09. The van der Waals surface area contributed by atoms with Crippen LogP contribution in [0.25, 0.3) is 0 Å². The maximum absolute atomic E-state index is 11.8. The molecule has 0 saturated heterocycles. The van der Waals surface area contributed by atoms with Gasteiger partial charge in [0.25, 0.3) is 11.5 Å². The molecule has 19 heavy (non-hydrogen) atoms. The van der Waals surface area contributed by atoms with Crippen molar-refractivity contribution < 1.29 is 4.79 Å². The third-order valence-corrected chi connectivity index (χ3v) is 2.89. The Morgan fingerprint density at radius 1 is 1.53 bits per heavy atom. The molecule has 0 aliphatic heterocycles. The molecule has 2 aromatic rings. The first-order valence-electron chi connectivity index (χ1n) is 6.16. The lowest BCUT2D eigenvalue weighted by Crippen LogP contribution is -2.28. The minimum Gasteiger partial charge on any atom is -0.349 e. The molecule has 1 amide bonds. The Kier molecular flexibility index (Phi) is 3.84. The molecule has 102 valence electrons. The van der Waals surface area contributed by atoms with Gasteiger partial charge in [-0.25, -0.2) is 4.98 Å². The lowest BCUT2D eigenvalue weighted by atomic mass is 10.4. The number of carbonyl (C=O) groups is 1. The standard InChI is InChI=1S/C12H17N5O2/c1-3-10-13-4-6-17(10)7-5-14-12(19)9-8-11(18)16(2)15-9/h4,6,8,15H,3,5,7H2,1-2H3,(H,14,19). The smallest absolute Gasteiger partial charge is 0.269 e. The van der Waals surface area contributed by atoms with E-state index in [-0.39, 0.29) is 17.2 Å². The molecule has 2 heterocycles. The molecule has 0 unspecified atom stereocenters. The summed E-state index contributed by atoms with van der Waals surface area (Å²) in [5, 5.41) is 5.44. The highest BCUT2D eigenvalue weighted by atomic mass is 16.2. The number of hydrogen-bond acceptors (Lipinski definition) is 3. The van der Waals surface area contributed by atoms with E-state index in [0.717, 1.165) is 12.2 Å². The SMILES string of the molecule is CCc1nccn1CCNC(=O)c1cc(=O)n(C)[nH]1. The highest BCUT2D eigenvalue weighted by Crippen LogP contribution is 1.97. The van der Waals surface area contributed by atoms with E-state index < -0.39 is 0 Å². The van der Waals surface area contributed by atoms with Crippen molar-refractivity contribution in [1.29, 1.82) is 0 Å². The van der Waals surface area contributed by atoms with Gasteiger partial charge in [0.2, 0.25) is 0 Å². The van der Waals surface area contributed by atoms with Crippen molar-refractivity contribution in [2.45, 2.75) is 19.9 Å². The third kappa shape index (κ3) is 2.93. The number of carbonyl (C=O) groups excluding carboxylic acids is 1. The Morgan fingerprint density at radius 3 is 2.95 bits per heavy atom. The summed E-state index contributed by atoms with van der Waals surface area (Å²) in [6.07, 6.45) is 4.48. The Bertz CT molecular complexity index is 622. The minimum absolute atomic E-state index is 0.229. The zero-order valence-electron chi connectivity index (χ0n) is 11.0. The number of H-pyrrole nitrogens is 1. The second kappa shape index (κ2) is 5.55. The first kappa shape index (κ1) is 13.1. The molecule has 7 nitrogen and oxygen atoms in total. The Labute approximate surface area is 110 Å². The molecule has 2 aromatic heterocycles. The third-order valence-electron chi connectivity index (χ3n) is 2.89. The zero-order chi connectivity index (χ0) is 13.8. The normalized spacial score (nSPS) is 10.6. The summed E-state index contributed by atoms with van der Waals surface area (Å²) in [4.78, 5) is 27.2. The first-order valence-corrected chi connectivity index (χ1v) is 6.16. The van der Waals surface area contributed by atoms with Crippen LogP contribution in [-0.4, -0.2) is 31.8 Å². The number of aromatic nitrogens is 4. The average molecular weight is 263 g/mol. The molecule has 2 N–H and O–H groups in total. The van der Waals surface area contributed by atoms with Crippen molar-refractivity contribution >= 4 is 5.91 Å². The summed E-state index contributed by atoms with van der Waals surface area (Å²) < 4.78 is 3.26. The summed E-state index contributed by atoms with van der Waals surface area (Å²) in [6.45, 7) is 3.18. The zero-order valence-corrected chi connectivity index (χ0v) is 11.0. The van der Waals surface area contributed by atoms with Crippen LogP contribution in [0.3, 0.4) is 0 Å². The Hall–Kier alpha value is -2.31. The van der Waals surface area contributed by atoms with E-state index in [9.17, 15) is 9.59 Å². The van der Waals surface area contributed by atoms with Gasteiger partial charge in [-0.3, -0.25) is 19.4 Å². The fraction of sp³-hybridized carbons (Fsp3) is 0.417. The molecule has 0 radical (unpaired) electrons. The second-order valence-corrected chi connectivity index (χ2v) is 4.21. The fourth-order valence-electron chi connectivity index (χ4n) is 1.85. The Morgan fingerprint density at radius 2 is 2.32 bits per heavy atom. The number of amides is 1. The van der Waals surface area contributed by atoms with Gasteiger partial charge in [-0.1, -0.05) is 6.92 Å². The van der Waals surface area contributed by atoms with E-state index in [1.807, 2.05) is 17.7 Å². The molecule has 0 saturated carbocycles. The van der Waals surface area contributed by atoms with Crippen LogP contribution < -0.4 is 10.9 Å². The van der Waals surface area contributed by atoms with Gasteiger partial charge in [0, 0.05) is 45.0 Å². The Balaban J connectivity index is 1.89. The number of nitrogens with one attached hydrogen (secondary N) is 2. The van der Waals surface area contributed by atoms with Gasteiger partial charge in [-0.15, -0.1) is 0 Å². The quantitative estimate of drug-likeness (QED) is 0.790. The van der Waals surface area contributed by atoms with Crippen LogP contribution in [0.2, 0.25) is 0 Å². The summed E-state index contributed by atoms with van der Waals surface area (Å²) in [7, 11) is 1.57. The molecule has 2 rings (SSSR count). The van der Waals surface area contributed by atoms with Crippen LogP contribution in [-0.2, 0) is 20.0 Å². The number of aromatic amines is 1. The van der Waals surface area contributed by atoms with Gasteiger partial charge < -0.3 is 9.88 Å². The number of imidazole rings is 1. The monoisotopic (exact) mass is 263 g/mol. The van der Waals surface area contributed by atoms with Gasteiger partial charge in [0.05, 0.1) is 0 Å². The molecule has 7 heteroatoms. The molecule has 0 atom stereocenters. The molecule has 0 aliphatic carbocycles.